The summed E-state index contributed by atoms with van der Waals surface area (Å²) in [5.74, 6) is -0.409. The average molecular weight is 340 g/mol. The second-order valence-electron chi connectivity index (χ2n) is 5.78. The molecule has 0 fully saturated rings. The van der Waals surface area contributed by atoms with Gasteiger partial charge in [-0.1, -0.05) is 37.4 Å². The molecule has 0 bridgehead atoms. The van der Waals surface area contributed by atoms with Crippen LogP contribution in [0.3, 0.4) is 0 Å². The van der Waals surface area contributed by atoms with Gasteiger partial charge in [-0.25, -0.2) is 0 Å². The molecule has 0 saturated heterocycles. The van der Waals surface area contributed by atoms with Gasteiger partial charge in [-0.2, -0.15) is 0 Å². The first kappa shape index (κ1) is 18.8. The van der Waals surface area contributed by atoms with Gasteiger partial charge in [0.15, 0.2) is 0 Å². The molecule has 1 amide bonds. The number of aliphatic hydroxyl groups is 1. The van der Waals surface area contributed by atoms with E-state index in [4.69, 9.17) is 0 Å². The van der Waals surface area contributed by atoms with E-state index >= 15 is 0 Å². The SMILES string of the molecule is C=CN=CC(=NC=C)C(=O)NCC(O)CN1CCc2ccccc2C1. The second kappa shape index (κ2) is 9.66. The first-order chi connectivity index (χ1) is 12.1. The summed E-state index contributed by atoms with van der Waals surface area (Å²) in [6.45, 7) is 9.29. The lowest BCUT2D eigenvalue weighted by atomic mass is 10.00. The van der Waals surface area contributed by atoms with E-state index in [2.05, 4.69) is 51.6 Å². The van der Waals surface area contributed by atoms with Crippen LogP contribution in [0.25, 0.3) is 0 Å². The van der Waals surface area contributed by atoms with E-state index in [0.29, 0.717) is 6.54 Å². The second-order valence-corrected chi connectivity index (χ2v) is 5.78. The number of carbonyl (C=O) groups is 1. The molecule has 1 aromatic rings. The number of fused-ring (bicyclic) bond motifs is 1. The molecule has 1 heterocycles. The van der Waals surface area contributed by atoms with Crippen LogP contribution < -0.4 is 5.32 Å². The maximum absolute atomic E-state index is 12.1. The number of hydrogen-bond acceptors (Lipinski definition) is 5. The number of benzene rings is 1. The highest BCUT2D eigenvalue weighted by Gasteiger charge is 2.19. The first-order valence-corrected chi connectivity index (χ1v) is 8.22. The molecule has 2 rings (SSSR count). The lowest BCUT2D eigenvalue weighted by Crippen LogP contribution is -2.43. The quantitative estimate of drug-likeness (QED) is 0.701. The van der Waals surface area contributed by atoms with E-state index in [-0.39, 0.29) is 12.3 Å². The van der Waals surface area contributed by atoms with E-state index in [9.17, 15) is 9.90 Å². The number of β-amino-alcohol motifs (C(OH)–C–C–N with tert-alkyl or cyclic N) is 1. The predicted octanol–water partition coefficient (Wildman–Crippen LogP) is 1.32. The Morgan fingerprint density at radius 2 is 2.08 bits per heavy atom. The first-order valence-electron chi connectivity index (χ1n) is 8.22. The molecule has 1 aromatic carbocycles. The third-order valence-electron chi connectivity index (χ3n) is 3.94. The Morgan fingerprint density at radius 3 is 2.80 bits per heavy atom. The smallest absolute Gasteiger partial charge is 0.271 e. The minimum Gasteiger partial charge on any atom is -0.390 e. The number of aliphatic hydroxyl groups excluding tert-OH is 1. The summed E-state index contributed by atoms with van der Waals surface area (Å²) in [5.41, 5.74) is 2.79. The van der Waals surface area contributed by atoms with Gasteiger partial charge in [0.2, 0.25) is 0 Å². The molecule has 0 spiro atoms. The molecule has 25 heavy (non-hydrogen) atoms. The highest BCUT2D eigenvalue weighted by atomic mass is 16.3. The molecule has 0 radical (unpaired) electrons. The highest BCUT2D eigenvalue weighted by molar-refractivity contribution is 6.60. The van der Waals surface area contributed by atoms with E-state index in [0.717, 1.165) is 19.5 Å². The number of nitrogens with one attached hydrogen (secondary N) is 1. The fourth-order valence-electron chi connectivity index (χ4n) is 2.75. The van der Waals surface area contributed by atoms with Crippen LogP contribution >= 0.6 is 0 Å². The Labute approximate surface area is 148 Å². The van der Waals surface area contributed by atoms with Gasteiger partial charge in [0.1, 0.15) is 5.71 Å². The average Bonchev–Trinajstić information content (AvgIpc) is 2.63. The van der Waals surface area contributed by atoms with Gasteiger partial charge in [-0.15, -0.1) is 0 Å². The zero-order valence-corrected chi connectivity index (χ0v) is 14.3. The van der Waals surface area contributed by atoms with Crippen molar-refractivity contribution in [3.63, 3.8) is 0 Å². The van der Waals surface area contributed by atoms with Gasteiger partial charge in [0, 0.05) is 38.6 Å². The zero-order valence-electron chi connectivity index (χ0n) is 14.3. The normalized spacial score (nSPS) is 16.3. The number of nitrogens with zero attached hydrogens (tertiary/aromatic N) is 3. The van der Waals surface area contributed by atoms with Gasteiger partial charge in [-0.05, 0) is 17.5 Å². The van der Waals surface area contributed by atoms with Crippen molar-refractivity contribution in [3.8, 4) is 0 Å². The Bertz CT molecular complexity index is 682. The van der Waals surface area contributed by atoms with Crippen molar-refractivity contribution < 1.29 is 9.90 Å². The molecule has 0 aliphatic carbocycles. The predicted molar refractivity (Wildman–Crippen MR) is 101 cm³/mol. The molecule has 0 saturated carbocycles. The standard InChI is InChI=1S/C19H24N4O2/c1-3-20-12-18(21-4-2)19(25)22-11-17(24)14-23-10-9-15-7-5-6-8-16(15)13-23/h3-8,12,17,24H,1-2,9-11,13-14H2,(H,22,25). The van der Waals surface area contributed by atoms with E-state index in [1.54, 1.807) is 0 Å². The van der Waals surface area contributed by atoms with Crippen molar-refractivity contribution in [1.29, 1.82) is 0 Å². The fraction of sp³-hybridized carbons (Fsp3) is 0.316. The van der Waals surface area contributed by atoms with Crippen LogP contribution in [0.2, 0.25) is 0 Å². The molecule has 2 N–H and O–H groups in total. The van der Waals surface area contributed by atoms with Gasteiger partial charge < -0.3 is 10.4 Å². The molecule has 6 nitrogen and oxygen atoms in total. The summed E-state index contributed by atoms with van der Waals surface area (Å²) < 4.78 is 0. The minimum atomic E-state index is -0.657. The van der Waals surface area contributed by atoms with Crippen LogP contribution in [0.1, 0.15) is 11.1 Å². The fourth-order valence-corrected chi connectivity index (χ4v) is 2.75. The van der Waals surface area contributed by atoms with Gasteiger partial charge in [0.25, 0.3) is 5.91 Å². The number of rotatable bonds is 8. The van der Waals surface area contributed by atoms with Crippen molar-refractivity contribution in [2.24, 2.45) is 9.98 Å². The minimum absolute atomic E-state index is 0.119. The molecule has 6 heteroatoms. The van der Waals surface area contributed by atoms with Crippen LogP contribution in [0.4, 0.5) is 0 Å². The number of aliphatic imine (C=N–C) groups is 2. The summed E-state index contributed by atoms with van der Waals surface area (Å²) in [6, 6.07) is 8.35. The third-order valence-corrected chi connectivity index (χ3v) is 3.94. The summed E-state index contributed by atoms with van der Waals surface area (Å²) in [5, 5.41) is 12.9. The maximum atomic E-state index is 12.1. The summed E-state index contributed by atoms with van der Waals surface area (Å²) in [4.78, 5) is 21.9. The van der Waals surface area contributed by atoms with Gasteiger partial charge in [-0.3, -0.25) is 19.7 Å². The van der Waals surface area contributed by atoms with E-state index in [1.165, 1.54) is 29.7 Å². The summed E-state index contributed by atoms with van der Waals surface area (Å²) in [6.07, 6.45) is 4.21. The van der Waals surface area contributed by atoms with Gasteiger partial charge in [0.05, 0.1) is 12.3 Å². The van der Waals surface area contributed by atoms with Gasteiger partial charge >= 0.3 is 0 Å². The van der Waals surface area contributed by atoms with Crippen molar-refractivity contribution in [3.05, 3.63) is 61.0 Å². The van der Waals surface area contributed by atoms with Crippen molar-refractivity contribution in [2.45, 2.75) is 19.1 Å². The Balaban J connectivity index is 1.82. The molecule has 132 valence electrons. The molecule has 1 atom stereocenters. The van der Waals surface area contributed by atoms with Crippen LogP contribution in [0.5, 0.6) is 0 Å². The molecule has 1 aliphatic heterocycles. The number of amides is 1. The Kier molecular flexibility index (Phi) is 7.25. The van der Waals surface area contributed by atoms with Crippen LogP contribution in [-0.4, -0.2) is 53.6 Å². The van der Waals surface area contributed by atoms with Crippen LogP contribution in [0.15, 0.2) is 59.8 Å². The number of carbonyl (C=O) groups excluding carboxylic acids is 1. The van der Waals surface area contributed by atoms with E-state index in [1.807, 2.05) is 6.07 Å². The summed E-state index contributed by atoms with van der Waals surface area (Å²) >= 11 is 0. The van der Waals surface area contributed by atoms with Crippen LogP contribution in [0, 0.1) is 0 Å². The summed E-state index contributed by atoms with van der Waals surface area (Å²) in [7, 11) is 0. The van der Waals surface area contributed by atoms with E-state index < -0.39 is 12.0 Å². The lowest BCUT2D eigenvalue weighted by molar-refractivity contribution is -0.115. The molecular formula is C19H24N4O2. The molecule has 1 aliphatic rings. The van der Waals surface area contributed by atoms with Crippen LogP contribution in [-0.2, 0) is 17.8 Å². The third kappa shape index (κ3) is 5.77. The zero-order chi connectivity index (χ0) is 18.1. The highest BCUT2D eigenvalue weighted by Crippen LogP contribution is 2.18. The molecule has 0 aromatic heterocycles. The molecule has 1 unspecified atom stereocenters. The Morgan fingerprint density at radius 1 is 1.32 bits per heavy atom. The topological polar surface area (TPSA) is 77.3 Å². The molecular weight excluding hydrogens is 316 g/mol. The maximum Gasteiger partial charge on any atom is 0.271 e. The monoisotopic (exact) mass is 340 g/mol. The lowest BCUT2D eigenvalue weighted by Gasteiger charge is -2.30. The largest absolute Gasteiger partial charge is 0.390 e. The van der Waals surface area contributed by atoms with Crippen molar-refractivity contribution in [2.75, 3.05) is 19.6 Å². The van der Waals surface area contributed by atoms with Crippen molar-refractivity contribution in [1.82, 2.24) is 10.2 Å². The number of hydrogen-bond donors (Lipinski definition) is 2. The Hall–Kier alpha value is -2.57. The van der Waals surface area contributed by atoms with Crippen molar-refractivity contribution >= 4 is 17.8 Å².